The molecular weight excluding hydrogens is 821 g/mol. The monoisotopic (exact) mass is 876 g/mol. The Bertz CT molecular complexity index is 3340. The van der Waals surface area contributed by atoms with Crippen molar-refractivity contribution in [3.63, 3.8) is 0 Å². The first kappa shape index (κ1) is 43.7. The highest BCUT2D eigenvalue weighted by Gasteiger charge is 2.22. The van der Waals surface area contributed by atoms with Gasteiger partial charge in [0, 0.05) is 34.6 Å². The van der Waals surface area contributed by atoms with Crippen molar-refractivity contribution in [1.29, 1.82) is 0 Å². The molecule has 2 nitrogen and oxygen atoms in total. The van der Waals surface area contributed by atoms with Gasteiger partial charge in [-0.1, -0.05) is 193 Å². The normalized spacial score (nSPS) is 12.9. The van der Waals surface area contributed by atoms with E-state index in [0.717, 1.165) is 41.2 Å². The van der Waals surface area contributed by atoms with Gasteiger partial charge in [0.05, 0.1) is 0 Å². The van der Waals surface area contributed by atoms with Gasteiger partial charge in [-0.2, -0.15) is 0 Å². The molecule has 1 aliphatic rings. The Morgan fingerprint density at radius 3 is 1.35 bits per heavy atom. The van der Waals surface area contributed by atoms with Crippen LogP contribution in [0.1, 0.15) is 37.8 Å². The molecule has 1 aliphatic carbocycles. The zero-order valence-electron chi connectivity index (χ0n) is 39.5. The Kier molecular flexibility index (Phi) is 12.4. The minimum atomic E-state index is 0.959. The van der Waals surface area contributed by atoms with Gasteiger partial charge in [-0.25, -0.2) is 0 Å². The maximum atomic E-state index is 4.00. The number of hydrogen-bond donors (Lipinski definition) is 0. The Morgan fingerprint density at radius 2 is 0.882 bits per heavy atom. The van der Waals surface area contributed by atoms with Crippen molar-refractivity contribution in [2.45, 2.75) is 40.5 Å². The van der Waals surface area contributed by atoms with Crippen molar-refractivity contribution < 1.29 is 0 Å². The first-order chi connectivity index (χ1) is 33.3. The molecule has 0 unspecified atom stereocenters. The van der Waals surface area contributed by atoms with Crippen molar-refractivity contribution >= 4 is 44.3 Å². The van der Waals surface area contributed by atoms with Gasteiger partial charge < -0.3 is 9.80 Å². The Morgan fingerprint density at radius 1 is 0.441 bits per heavy atom. The third-order valence-corrected chi connectivity index (χ3v) is 13.3. The van der Waals surface area contributed by atoms with Gasteiger partial charge in [-0.15, -0.1) is 0 Å². The lowest BCUT2D eigenvalue weighted by atomic mass is 9.84. The van der Waals surface area contributed by atoms with Crippen LogP contribution in [-0.4, -0.2) is 0 Å². The molecule has 0 aromatic heterocycles. The fourth-order valence-corrected chi connectivity index (χ4v) is 9.50. The average molecular weight is 877 g/mol. The molecule has 0 radical (unpaired) electrons. The fraction of sp³-hybridized carbons (Fsp3) is 0.0909. The summed E-state index contributed by atoms with van der Waals surface area (Å²) in [5.41, 5.74) is 20.2. The van der Waals surface area contributed by atoms with E-state index in [0.29, 0.717) is 0 Å². The quantitative estimate of drug-likeness (QED) is 0.0891. The number of aryl methyl sites for hydroxylation is 2. The highest BCUT2D eigenvalue weighted by atomic mass is 15.1. The molecule has 10 rings (SSSR count). The molecule has 0 bridgehead atoms. The lowest BCUT2D eigenvalue weighted by Crippen LogP contribution is -2.16. The molecule has 330 valence electrons. The molecule has 2 heteroatoms. The van der Waals surface area contributed by atoms with Crippen molar-refractivity contribution in [3.05, 3.63) is 265 Å². The van der Waals surface area contributed by atoms with E-state index in [1.54, 1.807) is 0 Å². The maximum Gasteiger partial charge on any atom is 0.0468 e. The van der Waals surface area contributed by atoms with Crippen LogP contribution in [0.4, 0.5) is 22.7 Å². The summed E-state index contributed by atoms with van der Waals surface area (Å²) in [7, 11) is 0. The molecule has 0 amide bonds. The summed E-state index contributed by atoms with van der Waals surface area (Å²) in [6.07, 6.45) is 14.9. The van der Waals surface area contributed by atoms with Crippen LogP contribution in [0.2, 0.25) is 0 Å². The molecule has 0 spiro atoms. The lowest BCUT2D eigenvalue weighted by molar-refractivity contribution is 0.872. The summed E-state index contributed by atoms with van der Waals surface area (Å²) in [5, 5.41) is 4.79. The van der Waals surface area contributed by atoms with E-state index in [2.05, 4.69) is 269 Å². The van der Waals surface area contributed by atoms with Crippen LogP contribution in [0.25, 0.3) is 66.1 Å². The first-order valence-electron chi connectivity index (χ1n) is 23.7. The minimum absolute atomic E-state index is 0.959. The third-order valence-electron chi connectivity index (χ3n) is 13.3. The van der Waals surface area contributed by atoms with Gasteiger partial charge in [-0.05, 0) is 167 Å². The summed E-state index contributed by atoms with van der Waals surface area (Å²) < 4.78 is 0. The van der Waals surface area contributed by atoms with Crippen molar-refractivity contribution in [2.24, 2.45) is 0 Å². The molecule has 0 N–H and O–H groups in total. The van der Waals surface area contributed by atoms with Crippen LogP contribution in [0.3, 0.4) is 0 Å². The summed E-state index contributed by atoms with van der Waals surface area (Å²) in [4.78, 5) is 4.77. The van der Waals surface area contributed by atoms with E-state index in [1.165, 1.54) is 88.4 Å². The zero-order valence-corrected chi connectivity index (χ0v) is 39.5. The van der Waals surface area contributed by atoms with E-state index < -0.39 is 0 Å². The van der Waals surface area contributed by atoms with Crippen molar-refractivity contribution in [1.82, 2.24) is 0 Å². The summed E-state index contributed by atoms with van der Waals surface area (Å²) in [5.74, 6) is 0. The standard InChI is InChI=1S/C66H56N2/c1-6-46(2)14-13-43-67(56-33-19-47(3)20-34-56)59-39-41-61-63(44-59)65(54-29-25-52(26-30-54)50-15-9-7-10-16-50)62-42-40-60(68(57-35-21-48(4)22-36-57)58-37-23-49(5)24-38-58)45-64(62)66(61)55-31-27-53(28-32-55)51-17-11-8-12-18-51/h6-19,21-33,35-45H,1,20,34H2,2-5H3. The van der Waals surface area contributed by atoms with Crippen LogP contribution in [-0.2, 0) is 0 Å². The maximum absolute atomic E-state index is 4.00. The molecule has 9 aromatic carbocycles. The van der Waals surface area contributed by atoms with E-state index in [4.69, 9.17) is 0 Å². The largest absolute Gasteiger partial charge is 0.321 e. The summed E-state index contributed by atoms with van der Waals surface area (Å²) in [6, 6.07) is 71.7. The van der Waals surface area contributed by atoms with E-state index in [1.807, 2.05) is 6.08 Å². The van der Waals surface area contributed by atoms with Crippen LogP contribution in [0.15, 0.2) is 254 Å². The molecule has 9 aromatic rings. The zero-order chi connectivity index (χ0) is 46.6. The molecule has 0 heterocycles. The topological polar surface area (TPSA) is 6.48 Å². The molecule has 0 atom stereocenters. The molecular formula is C66H56N2. The van der Waals surface area contributed by atoms with Crippen LogP contribution < -0.4 is 9.80 Å². The van der Waals surface area contributed by atoms with Gasteiger partial charge >= 0.3 is 0 Å². The number of rotatable bonds is 12. The predicted molar refractivity (Wildman–Crippen MR) is 294 cm³/mol. The Hall–Kier alpha value is -8.20. The lowest BCUT2D eigenvalue weighted by Gasteiger charge is -2.28. The van der Waals surface area contributed by atoms with Gasteiger partial charge in [0.2, 0.25) is 0 Å². The second-order valence-electron chi connectivity index (χ2n) is 18.1. The smallest absolute Gasteiger partial charge is 0.0468 e. The van der Waals surface area contributed by atoms with E-state index in [9.17, 15) is 0 Å². The first-order valence-corrected chi connectivity index (χ1v) is 23.7. The van der Waals surface area contributed by atoms with Gasteiger partial charge in [0.1, 0.15) is 0 Å². The van der Waals surface area contributed by atoms with Crippen LogP contribution in [0.5, 0.6) is 0 Å². The number of nitrogens with zero attached hydrogens (tertiary/aromatic N) is 2. The Balaban J connectivity index is 1.27. The van der Waals surface area contributed by atoms with Crippen LogP contribution in [0, 0.1) is 13.8 Å². The highest BCUT2D eigenvalue weighted by Crippen LogP contribution is 2.48. The Labute approximate surface area is 402 Å². The molecule has 0 aliphatic heterocycles. The SMILES string of the molecule is C=CC(C)=CC=CN(C1=CC=C(C)CC1)c1ccc2c(-c3ccc(-c4ccccc4)cc3)c3cc(N(c4ccc(C)cc4)c4ccc(C)cc4)ccc3c(-c3ccc(-c4ccccc4)cc3)c2c1. The number of benzene rings is 9. The van der Waals surface area contributed by atoms with E-state index in [-0.39, 0.29) is 0 Å². The number of fused-ring (bicyclic) bond motifs is 2. The fourth-order valence-electron chi connectivity index (χ4n) is 9.50. The van der Waals surface area contributed by atoms with Gasteiger partial charge in [0.25, 0.3) is 0 Å². The van der Waals surface area contributed by atoms with Crippen molar-refractivity contribution in [3.8, 4) is 44.5 Å². The minimum Gasteiger partial charge on any atom is -0.321 e. The molecule has 0 fully saturated rings. The highest BCUT2D eigenvalue weighted by molar-refractivity contribution is 6.22. The van der Waals surface area contributed by atoms with Gasteiger partial charge in [0.15, 0.2) is 0 Å². The van der Waals surface area contributed by atoms with Crippen LogP contribution >= 0.6 is 0 Å². The number of anilines is 4. The third kappa shape index (κ3) is 9.02. The number of hydrogen-bond acceptors (Lipinski definition) is 2. The van der Waals surface area contributed by atoms with E-state index >= 15 is 0 Å². The second-order valence-corrected chi connectivity index (χ2v) is 18.1. The second kappa shape index (κ2) is 19.3. The molecule has 0 saturated heterocycles. The summed E-state index contributed by atoms with van der Waals surface area (Å²) in [6.45, 7) is 12.6. The molecule has 0 saturated carbocycles. The molecule has 68 heavy (non-hydrogen) atoms. The van der Waals surface area contributed by atoms with Crippen molar-refractivity contribution in [2.75, 3.05) is 9.80 Å². The number of allylic oxidation sites excluding steroid dienone is 8. The van der Waals surface area contributed by atoms with Gasteiger partial charge in [-0.3, -0.25) is 0 Å². The predicted octanol–water partition coefficient (Wildman–Crippen LogP) is 18.8. The average Bonchev–Trinajstić information content (AvgIpc) is 3.39. The summed E-state index contributed by atoms with van der Waals surface area (Å²) >= 11 is 0.